The van der Waals surface area contributed by atoms with Crippen molar-refractivity contribution in [1.82, 2.24) is 9.88 Å². The van der Waals surface area contributed by atoms with Crippen LogP contribution < -0.4 is 16.3 Å². The van der Waals surface area contributed by atoms with Gasteiger partial charge in [0, 0.05) is 35.0 Å². The average Bonchev–Trinajstić information content (AvgIpc) is 2.64. The third-order valence-corrected chi connectivity index (χ3v) is 4.96. The van der Waals surface area contributed by atoms with Gasteiger partial charge in [0.15, 0.2) is 5.43 Å². The molecule has 2 N–H and O–H groups in total. The number of rotatable bonds is 4. The highest BCUT2D eigenvalue weighted by atomic mass is 16.4. The van der Waals surface area contributed by atoms with Crippen molar-refractivity contribution >= 4 is 17.1 Å². The monoisotopic (exact) mass is 396 g/mol. The quantitative estimate of drug-likeness (QED) is 0.690. The minimum absolute atomic E-state index is 0.0482. The third kappa shape index (κ3) is 3.81. The fraction of sp³-hybridized carbons (Fsp3) is 0.318. The number of amides is 1. The molecule has 2 heterocycles. The molecule has 7 heteroatoms. The molecule has 29 heavy (non-hydrogen) atoms. The summed E-state index contributed by atoms with van der Waals surface area (Å²) in [5, 5.41) is 11.9. The summed E-state index contributed by atoms with van der Waals surface area (Å²) in [5.74, 6) is 0.365. The summed E-state index contributed by atoms with van der Waals surface area (Å²) in [6, 6.07) is 6.00. The van der Waals surface area contributed by atoms with Crippen molar-refractivity contribution < 1.29 is 14.3 Å². The second-order valence-corrected chi connectivity index (χ2v) is 7.54. The molecule has 0 fully saturated rings. The Morgan fingerprint density at radius 1 is 1.14 bits per heavy atom. The number of carboxylic acid groups (broad SMARTS) is 1. The smallest absolute Gasteiger partial charge is 0.405 e. The van der Waals surface area contributed by atoms with E-state index in [1.807, 2.05) is 20.8 Å². The molecule has 0 bridgehead atoms. The molecule has 0 aliphatic carbocycles. The Balaban J connectivity index is 2.33. The molecular weight excluding hydrogens is 372 g/mol. The van der Waals surface area contributed by atoms with Gasteiger partial charge in [-0.15, -0.1) is 0 Å². The number of hydrogen-bond donors (Lipinski definition) is 2. The maximum Gasteiger partial charge on any atom is 0.405 e. The first-order valence-electron chi connectivity index (χ1n) is 9.40. The molecule has 1 unspecified atom stereocenters. The Morgan fingerprint density at radius 2 is 1.83 bits per heavy atom. The summed E-state index contributed by atoms with van der Waals surface area (Å²) in [6.45, 7) is 9.02. The zero-order chi connectivity index (χ0) is 21.5. The van der Waals surface area contributed by atoms with Gasteiger partial charge in [-0.05, 0) is 52.3 Å². The van der Waals surface area contributed by atoms with Crippen LogP contribution in [0.3, 0.4) is 0 Å². The minimum Gasteiger partial charge on any atom is -0.465 e. The Labute approximate surface area is 167 Å². The van der Waals surface area contributed by atoms with Crippen molar-refractivity contribution in [1.29, 1.82) is 0 Å². The van der Waals surface area contributed by atoms with Gasteiger partial charge >= 0.3 is 6.09 Å². The summed E-state index contributed by atoms with van der Waals surface area (Å²) in [4.78, 5) is 36.3. The van der Waals surface area contributed by atoms with Crippen LogP contribution in [-0.2, 0) is 0 Å². The van der Waals surface area contributed by atoms with Gasteiger partial charge in [0.2, 0.25) is 0 Å². The van der Waals surface area contributed by atoms with Crippen LogP contribution in [0.25, 0.3) is 22.3 Å². The molecule has 3 rings (SSSR count). The van der Waals surface area contributed by atoms with Gasteiger partial charge in [0.25, 0.3) is 5.56 Å². The molecule has 7 nitrogen and oxygen atoms in total. The lowest BCUT2D eigenvalue weighted by molar-refractivity contribution is 0.191. The summed E-state index contributed by atoms with van der Waals surface area (Å²) in [5.41, 5.74) is 2.47. The number of benzene rings is 1. The van der Waals surface area contributed by atoms with Crippen LogP contribution in [0.15, 0.2) is 44.5 Å². The predicted octanol–water partition coefficient (Wildman–Crippen LogP) is 4.15. The van der Waals surface area contributed by atoms with Crippen LogP contribution in [0.1, 0.15) is 49.5 Å². The molecule has 0 saturated carbocycles. The molecule has 152 valence electrons. The molecule has 0 radical (unpaired) electrons. The van der Waals surface area contributed by atoms with Gasteiger partial charge in [0.1, 0.15) is 11.3 Å². The van der Waals surface area contributed by atoms with Crippen LogP contribution in [0.2, 0.25) is 0 Å². The van der Waals surface area contributed by atoms with E-state index < -0.39 is 12.1 Å². The van der Waals surface area contributed by atoms with Gasteiger partial charge in [-0.25, -0.2) is 4.79 Å². The molecular formula is C22H24N2O5. The van der Waals surface area contributed by atoms with E-state index in [-0.39, 0.29) is 17.0 Å². The van der Waals surface area contributed by atoms with Gasteiger partial charge in [-0.2, -0.15) is 0 Å². The first kappa shape index (κ1) is 20.4. The Bertz CT molecular complexity index is 1220. The average molecular weight is 396 g/mol. The molecule has 2 aromatic heterocycles. The number of aryl methyl sites for hydroxylation is 1. The van der Waals surface area contributed by atoms with E-state index in [1.165, 1.54) is 6.07 Å². The number of carbonyl (C=O) groups is 1. The highest BCUT2D eigenvalue weighted by Crippen LogP contribution is 2.30. The Hall–Kier alpha value is -3.35. The number of nitrogens with zero attached hydrogens (tertiary/aromatic N) is 1. The van der Waals surface area contributed by atoms with E-state index in [4.69, 9.17) is 9.52 Å². The molecule has 0 spiro atoms. The fourth-order valence-corrected chi connectivity index (χ4v) is 3.47. The van der Waals surface area contributed by atoms with Gasteiger partial charge in [-0.1, -0.05) is 6.07 Å². The van der Waals surface area contributed by atoms with E-state index in [2.05, 4.69) is 5.32 Å². The summed E-state index contributed by atoms with van der Waals surface area (Å²) in [6.07, 6.45) is 0.516. The van der Waals surface area contributed by atoms with E-state index in [0.29, 0.717) is 33.4 Å². The van der Waals surface area contributed by atoms with Crippen LogP contribution in [0.5, 0.6) is 0 Å². The highest BCUT2D eigenvalue weighted by molar-refractivity contribution is 5.84. The topological polar surface area (TPSA) is 102 Å². The lowest BCUT2D eigenvalue weighted by atomic mass is 9.99. The molecule has 1 amide bonds. The standard InChI is InChI=1S/C22H24N2O5/c1-11(2)24-10-15(6-7-18(24)25)20-13(4)19(26)17-9-12(3)8-16(21(17)29-20)14(5)23-22(27)28/h6-11,14,23H,1-5H3,(H,27,28). The van der Waals surface area contributed by atoms with E-state index in [1.54, 1.807) is 42.8 Å². The highest BCUT2D eigenvalue weighted by Gasteiger charge is 2.20. The van der Waals surface area contributed by atoms with Crippen molar-refractivity contribution in [3.63, 3.8) is 0 Å². The summed E-state index contributed by atoms with van der Waals surface area (Å²) >= 11 is 0. The first-order valence-corrected chi connectivity index (χ1v) is 9.40. The minimum atomic E-state index is -1.16. The number of nitrogens with one attached hydrogen (secondary N) is 1. The molecule has 0 aliphatic heterocycles. The normalized spacial score (nSPS) is 12.3. The second-order valence-electron chi connectivity index (χ2n) is 7.54. The van der Waals surface area contributed by atoms with Crippen LogP contribution in [0.4, 0.5) is 4.79 Å². The van der Waals surface area contributed by atoms with E-state index >= 15 is 0 Å². The molecule has 1 aromatic carbocycles. The number of fused-ring (bicyclic) bond motifs is 1. The third-order valence-electron chi connectivity index (χ3n) is 4.96. The Morgan fingerprint density at radius 3 is 2.45 bits per heavy atom. The van der Waals surface area contributed by atoms with Crippen molar-refractivity contribution in [2.45, 2.75) is 46.7 Å². The number of pyridine rings is 1. The van der Waals surface area contributed by atoms with Crippen LogP contribution in [0, 0.1) is 13.8 Å². The molecule has 1 atom stereocenters. The van der Waals surface area contributed by atoms with Crippen molar-refractivity contribution in [3.05, 3.63) is 67.7 Å². The van der Waals surface area contributed by atoms with Gasteiger partial charge in [-0.3, -0.25) is 9.59 Å². The summed E-state index contributed by atoms with van der Waals surface area (Å²) < 4.78 is 7.75. The van der Waals surface area contributed by atoms with Crippen LogP contribution in [-0.4, -0.2) is 15.8 Å². The maximum absolute atomic E-state index is 13.1. The largest absolute Gasteiger partial charge is 0.465 e. The van der Waals surface area contributed by atoms with Crippen LogP contribution >= 0.6 is 0 Å². The first-order chi connectivity index (χ1) is 13.6. The SMILES string of the molecule is Cc1cc(C(C)NC(=O)O)c2oc(-c3ccc(=O)n(C(C)C)c3)c(C)c(=O)c2c1. The van der Waals surface area contributed by atoms with Gasteiger partial charge in [0.05, 0.1) is 11.4 Å². The van der Waals surface area contributed by atoms with Crippen molar-refractivity contribution in [2.75, 3.05) is 0 Å². The lowest BCUT2D eigenvalue weighted by Crippen LogP contribution is -2.25. The van der Waals surface area contributed by atoms with Gasteiger partial charge < -0.3 is 19.4 Å². The molecule has 0 aliphatic rings. The lowest BCUT2D eigenvalue weighted by Gasteiger charge is -2.17. The Kier molecular flexibility index (Phi) is 5.33. The second kappa shape index (κ2) is 7.58. The molecule has 0 saturated heterocycles. The van der Waals surface area contributed by atoms with E-state index in [0.717, 1.165) is 5.56 Å². The fourth-order valence-electron chi connectivity index (χ4n) is 3.47. The number of hydrogen-bond acceptors (Lipinski definition) is 4. The zero-order valence-corrected chi connectivity index (χ0v) is 17.1. The number of aromatic nitrogens is 1. The van der Waals surface area contributed by atoms with E-state index in [9.17, 15) is 14.4 Å². The zero-order valence-electron chi connectivity index (χ0n) is 17.1. The van der Waals surface area contributed by atoms with Crippen molar-refractivity contribution in [3.8, 4) is 11.3 Å². The van der Waals surface area contributed by atoms with Crippen molar-refractivity contribution in [2.24, 2.45) is 0 Å². The maximum atomic E-state index is 13.1. The molecule has 3 aromatic rings. The predicted molar refractivity (Wildman–Crippen MR) is 112 cm³/mol. The summed E-state index contributed by atoms with van der Waals surface area (Å²) in [7, 11) is 0.